The molecule has 3 heterocycles. The molecule has 5 aromatic rings. The van der Waals surface area contributed by atoms with Gasteiger partial charge in [-0.2, -0.15) is 0 Å². The molecule has 30 heavy (non-hydrogen) atoms. The van der Waals surface area contributed by atoms with Gasteiger partial charge in [-0.15, -0.1) is 0 Å². The van der Waals surface area contributed by atoms with Gasteiger partial charge in [0, 0.05) is 11.1 Å². The van der Waals surface area contributed by atoms with Crippen LogP contribution in [-0.2, 0) is 0 Å². The van der Waals surface area contributed by atoms with E-state index in [-0.39, 0.29) is 11.8 Å². The second kappa shape index (κ2) is 7.78. The molecule has 0 aliphatic rings. The maximum Gasteiger partial charge on any atom is 0.247 e. The molecule has 0 radical (unpaired) electrons. The van der Waals surface area contributed by atoms with Gasteiger partial charge in [0.2, 0.25) is 11.8 Å². The van der Waals surface area contributed by atoms with Gasteiger partial charge in [0.15, 0.2) is 0 Å². The molecule has 2 aromatic carbocycles. The third-order valence-electron chi connectivity index (χ3n) is 4.48. The van der Waals surface area contributed by atoms with E-state index < -0.39 is 0 Å². The maximum atomic E-state index is 6.38. The molecule has 0 aliphatic heterocycles. The fraction of sp³-hybridized carbons (Fsp3) is 0. The fourth-order valence-corrected chi connectivity index (χ4v) is 3.53. The zero-order valence-corrected chi connectivity index (χ0v) is 16.9. The first-order chi connectivity index (χ1) is 14.7. The topological polar surface area (TPSA) is 65.0 Å². The summed E-state index contributed by atoms with van der Waals surface area (Å²) in [7, 11) is 0. The minimum Gasteiger partial charge on any atom is -0.443 e. The minimum absolute atomic E-state index is 0.284. The van der Waals surface area contributed by atoms with Crippen molar-refractivity contribution in [1.82, 2.24) is 15.0 Å². The monoisotopic (exact) mass is 433 g/mol. The average Bonchev–Trinajstić information content (AvgIpc) is 3.46. The highest BCUT2D eigenvalue weighted by molar-refractivity contribution is 6.37. The van der Waals surface area contributed by atoms with Gasteiger partial charge in [-0.3, -0.25) is 0 Å². The van der Waals surface area contributed by atoms with Crippen molar-refractivity contribution in [2.75, 3.05) is 0 Å². The Bertz CT molecular complexity index is 1220. The van der Waals surface area contributed by atoms with Crippen molar-refractivity contribution in [3.05, 3.63) is 89.3 Å². The lowest BCUT2D eigenvalue weighted by molar-refractivity contribution is 0.568. The number of hydrogen-bond donors (Lipinski definition) is 0. The Labute approximate surface area is 182 Å². The molecule has 0 aliphatic carbocycles. The van der Waals surface area contributed by atoms with Gasteiger partial charge in [0.05, 0.1) is 10.0 Å². The van der Waals surface area contributed by atoms with Crippen LogP contribution in [0, 0.1) is 0 Å². The van der Waals surface area contributed by atoms with Crippen LogP contribution < -0.4 is 0 Å². The molecular weight excluding hydrogens is 421 g/mol. The minimum atomic E-state index is 0.284. The van der Waals surface area contributed by atoms with Crippen LogP contribution >= 0.6 is 23.2 Å². The van der Waals surface area contributed by atoms with Crippen LogP contribution in [0.5, 0.6) is 0 Å². The summed E-state index contributed by atoms with van der Waals surface area (Å²) in [5.74, 6) is 0.568. The highest BCUT2D eigenvalue weighted by atomic mass is 35.5. The number of oxazole rings is 2. The number of hydrogen-bond acceptors (Lipinski definition) is 5. The van der Waals surface area contributed by atoms with Gasteiger partial charge in [-0.05, 0) is 6.07 Å². The molecule has 0 unspecified atom stereocenters. The molecule has 0 amide bonds. The van der Waals surface area contributed by atoms with E-state index in [9.17, 15) is 0 Å². The van der Waals surface area contributed by atoms with E-state index in [1.807, 2.05) is 60.7 Å². The lowest BCUT2D eigenvalue weighted by atomic mass is 10.2. The van der Waals surface area contributed by atoms with E-state index in [1.165, 1.54) is 0 Å². The molecule has 5 nitrogen and oxygen atoms in total. The Hall–Kier alpha value is -3.41. The van der Waals surface area contributed by atoms with Crippen molar-refractivity contribution in [1.29, 1.82) is 0 Å². The average molecular weight is 434 g/mol. The van der Waals surface area contributed by atoms with Crippen molar-refractivity contribution in [3.63, 3.8) is 0 Å². The third-order valence-corrected chi connectivity index (χ3v) is 5.06. The molecule has 7 heteroatoms. The molecule has 0 N–H and O–H groups in total. The predicted octanol–water partition coefficient (Wildman–Crippen LogP) is 7.03. The number of aromatic nitrogens is 3. The Kier molecular flexibility index (Phi) is 4.83. The van der Waals surface area contributed by atoms with E-state index in [1.54, 1.807) is 18.6 Å². The molecule has 0 spiro atoms. The lowest BCUT2D eigenvalue weighted by Crippen LogP contribution is -1.92. The zero-order valence-electron chi connectivity index (χ0n) is 15.4. The zero-order chi connectivity index (χ0) is 20.5. The van der Waals surface area contributed by atoms with Crippen LogP contribution in [0.25, 0.3) is 45.7 Å². The fourth-order valence-electron chi connectivity index (χ4n) is 3.01. The summed E-state index contributed by atoms with van der Waals surface area (Å²) in [6.07, 6.45) is 3.13. The Morgan fingerprint density at radius 1 is 0.567 bits per heavy atom. The van der Waals surface area contributed by atoms with Gasteiger partial charge >= 0.3 is 0 Å². The first-order valence-electron chi connectivity index (χ1n) is 9.08. The van der Waals surface area contributed by atoms with Crippen molar-refractivity contribution >= 4 is 23.2 Å². The van der Waals surface area contributed by atoms with E-state index in [0.29, 0.717) is 32.8 Å². The molecule has 0 saturated carbocycles. The van der Waals surface area contributed by atoms with Gasteiger partial charge in [0.1, 0.15) is 35.3 Å². The smallest absolute Gasteiger partial charge is 0.247 e. The summed E-state index contributed by atoms with van der Waals surface area (Å²) in [5.41, 5.74) is 3.94. The molecule has 0 saturated heterocycles. The molecule has 0 fully saturated rings. The van der Waals surface area contributed by atoms with Crippen LogP contribution in [0.4, 0.5) is 0 Å². The second-order valence-corrected chi connectivity index (χ2v) is 7.27. The molecule has 3 aromatic heterocycles. The molecule has 0 atom stereocenters. The molecule has 5 rings (SSSR count). The highest BCUT2D eigenvalue weighted by Crippen LogP contribution is 2.35. The second-order valence-electron chi connectivity index (χ2n) is 6.46. The summed E-state index contributed by atoms with van der Waals surface area (Å²) in [6, 6.07) is 21.0. The van der Waals surface area contributed by atoms with E-state index in [0.717, 1.165) is 11.1 Å². The van der Waals surface area contributed by atoms with Crippen LogP contribution in [0.1, 0.15) is 0 Å². The Morgan fingerprint density at radius 2 is 1.00 bits per heavy atom. The van der Waals surface area contributed by atoms with Gasteiger partial charge in [0.25, 0.3) is 0 Å². The standard InChI is InChI=1S/C23H13Cl2N3O2/c24-16-11-17(25)21(23-27-19(13-30-23)15-9-5-2-6-10-15)28-20(16)22-26-18(12-29-22)14-7-3-1-4-8-14/h1-13H. The summed E-state index contributed by atoms with van der Waals surface area (Å²) in [6.45, 7) is 0. The van der Waals surface area contributed by atoms with Gasteiger partial charge < -0.3 is 8.83 Å². The molecular formula is C23H13Cl2N3O2. The van der Waals surface area contributed by atoms with Gasteiger partial charge in [-0.1, -0.05) is 83.9 Å². The summed E-state index contributed by atoms with van der Waals surface area (Å²) in [5, 5.41) is 0.639. The van der Waals surface area contributed by atoms with Crippen molar-refractivity contribution in [2.24, 2.45) is 0 Å². The number of pyridine rings is 1. The van der Waals surface area contributed by atoms with Crippen LogP contribution in [0.2, 0.25) is 10.0 Å². The normalized spacial score (nSPS) is 11.0. The van der Waals surface area contributed by atoms with E-state index >= 15 is 0 Å². The molecule has 146 valence electrons. The van der Waals surface area contributed by atoms with Crippen molar-refractivity contribution in [2.45, 2.75) is 0 Å². The maximum absolute atomic E-state index is 6.38. The van der Waals surface area contributed by atoms with Crippen LogP contribution in [-0.4, -0.2) is 15.0 Å². The Morgan fingerprint density at radius 3 is 1.43 bits per heavy atom. The van der Waals surface area contributed by atoms with Crippen molar-refractivity contribution in [3.8, 4) is 45.7 Å². The first kappa shape index (κ1) is 18.6. The van der Waals surface area contributed by atoms with E-state index in [2.05, 4.69) is 15.0 Å². The third kappa shape index (κ3) is 3.49. The quantitative estimate of drug-likeness (QED) is 0.304. The van der Waals surface area contributed by atoms with Crippen LogP contribution in [0.15, 0.2) is 88.1 Å². The number of halogens is 2. The first-order valence-corrected chi connectivity index (χ1v) is 9.83. The predicted molar refractivity (Wildman–Crippen MR) is 116 cm³/mol. The van der Waals surface area contributed by atoms with Gasteiger partial charge in [-0.25, -0.2) is 15.0 Å². The summed E-state index contributed by atoms with van der Waals surface area (Å²) in [4.78, 5) is 13.6. The Balaban J connectivity index is 1.54. The highest BCUT2D eigenvalue weighted by Gasteiger charge is 2.20. The largest absolute Gasteiger partial charge is 0.443 e. The SMILES string of the molecule is Clc1cc(Cl)c(-c2nc(-c3ccccc3)co2)nc1-c1nc(-c2ccccc2)co1. The van der Waals surface area contributed by atoms with E-state index in [4.69, 9.17) is 32.0 Å². The number of benzene rings is 2. The lowest BCUT2D eigenvalue weighted by Gasteiger charge is -2.04. The number of nitrogens with zero attached hydrogens (tertiary/aromatic N) is 3. The summed E-state index contributed by atoms with van der Waals surface area (Å²) < 4.78 is 11.3. The van der Waals surface area contributed by atoms with Crippen molar-refractivity contribution < 1.29 is 8.83 Å². The number of rotatable bonds is 4. The molecule has 0 bridgehead atoms. The summed E-state index contributed by atoms with van der Waals surface area (Å²) >= 11 is 12.8. The van der Waals surface area contributed by atoms with Crippen LogP contribution in [0.3, 0.4) is 0 Å².